The Labute approximate surface area is 173 Å². The summed E-state index contributed by atoms with van der Waals surface area (Å²) in [6.07, 6.45) is 19.1. The summed E-state index contributed by atoms with van der Waals surface area (Å²) >= 11 is 0. The highest BCUT2D eigenvalue weighted by atomic mass is 16.5. The third-order valence-electron chi connectivity index (χ3n) is 5.13. The molecule has 0 aliphatic heterocycles. The lowest BCUT2D eigenvalue weighted by molar-refractivity contribution is 0.0526. The fraction of sp³-hybridized carbons (Fsp3) is 0.720. The van der Waals surface area contributed by atoms with Crippen molar-refractivity contribution in [2.24, 2.45) is 0 Å². The molecule has 0 unspecified atom stereocenters. The Bertz CT molecular complexity index is 481. The van der Waals surface area contributed by atoms with Crippen LogP contribution in [0.15, 0.2) is 24.3 Å². The predicted octanol–water partition coefficient (Wildman–Crippen LogP) is 7.72. The van der Waals surface area contributed by atoms with Crippen LogP contribution in [0.3, 0.4) is 0 Å². The molecule has 0 bridgehead atoms. The number of unbranched alkanes of at least 4 members (excludes halogenated alkanes) is 13. The first kappa shape index (κ1) is 24.5. The van der Waals surface area contributed by atoms with Gasteiger partial charge in [0.15, 0.2) is 0 Å². The largest absolute Gasteiger partial charge is 0.494 e. The normalized spacial score (nSPS) is 10.8. The van der Waals surface area contributed by atoms with Gasteiger partial charge < -0.3 is 9.47 Å². The van der Waals surface area contributed by atoms with Crippen LogP contribution in [0.5, 0.6) is 5.75 Å². The zero-order chi connectivity index (χ0) is 20.3. The van der Waals surface area contributed by atoms with E-state index in [1.54, 1.807) is 12.1 Å². The van der Waals surface area contributed by atoms with Gasteiger partial charge in [-0.3, -0.25) is 0 Å². The van der Waals surface area contributed by atoms with Crippen molar-refractivity contribution in [2.75, 3.05) is 13.2 Å². The van der Waals surface area contributed by atoms with Crippen molar-refractivity contribution in [3.8, 4) is 5.75 Å². The summed E-state index contributed by atoms with van der Waals surface area (Å²) < 4.78 is 10.7. The van der Waals surface area contributed by atoms with Crippen LogP contribution in [0.4, 0.5) is 0 Å². The third-order valence-corrected chi connectivity index (χ3v) is 5.13. The molecule has 0 radical (unpaired) electrons. The van der Waals surface area contributed by atoms with Crippen LogP contribution in [0.2, 0.25) is 0 Å². The molecule has 0 saturated heterocycles. The molecule has 160 valence electrons. The number of hydrogen-bond donors (Lipinski definition) is 0. The Morgan fingerprint density at radius 3 is 1.61 bits per heavy atom. The fourth-order valence-corrected chi connectivity index (χ4v) is 3.39. The first-order chi connectivity index (χ1) is 13.8. The molecular formula is C25H42O3. The number of benzene rings is 1. The smallest absolute Gasteiger partial charge is 0.338 e. The molecule has 28 heavy (non-hydrogen) atoms. The van der Waals surface area contributed by atoms with Crippen LogP contribution >= 0.6 is 0 Å². The van der Waals surface area contributed by atoms with Gasteiger partial charge in [-0.05, 0) is 37.6 Å². The minimum Gasteiger partial charge on any atom is -0.494 e. The van der Waals surface area contributed by atoms with Gasteiger partial charge >= 0.3 is 5.97 Å². The molecule has 0 N–H and O–H groups in total. The molecule has 0 heterocycles. The van der Waals surface area contributed by atoms with Crippen molar-refractivity contribution < 1.29 is 14.3 Å². The van der Waals surface area contributed by atoms with Gasteiger partial charge in [0.1, 0.15) is 5.75 Å². The van der Waals surface area contributed by atoms with E-state index >= 15 is 0 Å². The Morgan fingerprint density at radius 2 is 1.14 bits per heavy atom. The predicted molar refractivity (Wildman–Crippen MR) is 118 cm³/mol. The van der Waals surface area contributed by atoms with Crippen molar-refractivity contribution in [1.29, 1.82) is 0 Å². The Kier molecular flexibility index (Phi) is 15.4. The van der Waals surface area contributed by atoms with Gasteiger partial charge in [-0.25, -0.2) is 4.79 Å². The Balaban J connectivity index is 1.88. The van der Waals surface area contributed by atoms with E-state index in [2.05, 4.69) is 6.92 Å². The number of rotatable bonds is 18. The molecule has 0 saturated carbocycles. The summed E-state index contributed by atoms with van der Waals surface area (Å²) in [5.41, 5.74) is 0.575. The monoisotopic (exact) mass is 390 g/mol. The third kappa shape index (κ3) is 12.8. The van der Waals surface area contributed by atoms with Crippen LogP contribution in [-0.2, 0) is 4.74 Å². The summed E-state index contributed by atoms with van der Waals surface area (Å²) in [6.45, 7) is 5.24. The number of carbonyl (C=O) groups excluding carboxylic acids is 1. The molecule has 0 aromatic heterocycles. The van der Waals surface area contributed by atoms with Gasteiger partial charge in [0.25, 0.3) is 0 Å². The van der Waals surface area contributed by atoms with E-state index in [9.17, 15) is 4.79 Å². The lowest BCUT2D eigenvalue weighted by Crippen LogP contribution is -2.04. The molecule has 1 rings (SSSR count). The van der Waals surface area contributed by atoms with E-state index < -0.39 is 0 Å². The van der Waals surface area contributed by atoms with Gasteiger partial charge in [-0.1, -0.05) is 90.4 Å². The van der Waals surface area contributed by atoms with Crippen molar-refractivity contribution in [2.45, 2.75) is 104 Å². The highest BCUT2D eigenvalue weighted by molar-refractivity contribution is 5.89. The second-order valence-electron chi connectivity index (χ2n) is 7.69. The first-order valence-corrected chi connectivity index (χ1v) is 11.7. The van der Waals surface area contributed by atoms with Crippen molar-refractivity contribution >= 4 is 5.97 Å². The first-order valence-electron chi connectivity index (χ1n) is 11.7. The number of hydrogen-bond acceptors (Lipinski definition) is 3. The Hall–Kier alpha value is -1.51. The maximum Gasteiger partial charge on any atom is 0.338 e. The maximum atomic E-state index is 11.6. The highest BCUT2D eigenvalue weighted by Gasteiger charge is 2.05. The number of carbonyl (C=O) groups is 1. The number of ether oxygens (including phenoxy) is 2. The molecule has 0 aliphatic rings. The van der Waals surface area contributed by atoms with Gasteiger partial charge in [0, 0.05) is 0 Å². The number of esters is 1. The summed E-state index contributed by atoms with van der Waals surface area (Å²) in [5.74, 6) is 0.545. The Morgan fingerprint density at radius 1 is 0.679 bits per heavy atom. The summed E-state index contributed by atoms with van der Waals surface area (Å²) in [5, 5.41) is 0. The zero-order valence-electron chi connectivity index (χ0n) is 18.3. The van der Waals surface area contributed by atoms with Gasteiger partial charge in [-0.2, -0.15) is 0 Å². The van der Waals surface area contributed by atoms with Crippen LogP contribution in [0.1, 0.15) is 114 Å². The van der Waals surface area contributed by atoms with E-state index in [-0.39, 0.29) is 5.97 Å². The minimum absolute atomic E-state index is 0.277. The van der Waals surface area contributed by atoms with E-state index in [1.165, 1.54) is 83.5 Å². The van der Waals surface area contributed by atoms with Gasteiger partial charge in [0.05, 0.1) is 18.8 Å². The van der Waals surface area contributed by atoms with E-state index in [4.69, 9.17) is 9.47 Å². The molecule has 3 nitrogen and oxygen atoms in total. The highest BCUT2D eigenvalue weighted by Crippen LogP contribution is 2.15. The lowest BCUT2D eigenvalue weighted by atomic mass is 10.0. The molecule has 3 heteroatoms. The fourth-order valence-electron chi connectivity index (χ4n) is 3.39. The SMILES string of the molecule is CCCCCCCCCCCCCCCCOc1ccc(C(=O)OCC)cc1. The second-order valence-corrected chi connectivity index (χ2v) is 7.69. The van der Waals surface area contributed by atoms with Crippen LogP contribution < -0.4 is 4.74 Å². The van der Waals surface area contributed by atoms with Gasteiger partial charge in [0.2, 0.25) is 0 Å². The van der Waals surface area contributed by atoms with Crippen LogP contribution in [0, 0.1) is 0 Å². The molecule has 1 aromatic rings. The van der Waals surface area contributed by atoms with E-state index in [0.29, 0.717) is 12.2 Å². The maximum absolute atomic E-state index is 11.6. The van der Waals surface area contributed by atoms with Crippen molar-refractivity contribution in [3.05, 3.63) is 29.8 Å². The summed E-state index contributed by atoms with van der Waals surface area (Å²) in [7, 11) is 0. The molecule has 0 aliphatic carbocycles. The standard InChI is InChI=1S/C25H42O3/c1-3-5-6-7-8-9-10-11-12-13-14-15-16-17-22-28-24-20-18-23(19-21-24)25(26)27-4-2/h18-21H,3-17,22H2,1-2H3. The van der Waals surface area contributed by atoms with E-state index in [1.807, 2.05) is 19.1 Å². The van der Waals surface area contributed by atoms with Crippen LogP contribution in [-0.4, -0.2) is 19.2 Å². The topological polar surface area (TPSA) is 35.5 Å². The molecule has 0 atom stereocenters. The average Bonchev–Trinajstić information content (AvgIpc) is 2.71. The van der Waals surface area contributed by atoms with Crippen LogP contribution in [0.25, 0.3) is 0 Å². The minimum atomic E-state index is -0.277. The molecular weight excluding hydrogens is 348 g/mol. The average molecular weight is 391 g/mol. The summed E-state index contributed by atoms with van der Waals surface area (Å²) in [4.78, 5) is 11.6. The van der Waals surface area contributed by atoms with Crippen molar-refractivity contribution in [3.63, 3.8) is 0 Å². The molecule has 0 spiro atoms. The summed E-state index contributed by atoms with van der Waals surface area (Å²) in [6, 6.07) is 7.21. The zero-order valence-corrected chi connectivity index (χ0v) is 18.3. The van der Waals surface area contributed by atoms with Crippen molar-refractivity contribution in [1.82, 2.24) is 0 Å². The quantitative estimate of drug-likeness (QED) is 0.190. The second kappa shape index (κ2) is 17.6. The van der Waals surface area contributed by atoms with Gasteiger partial charge in [-0.15, -0.1) is 0 Å². The molecule has 0 fully saturated rings. The van der Waals surface area contributed by atoms with E-state index in [0.717, 1.165) is 18.8 Å². The molecule has 0 amide bonds. The molecule has 1 aromatic carbocycles. The lowest BCUT2D eigenvalue weighted by Gasteiger charge is -2.07.